The number of aromatic nitrogens is 6. The number of hydrogen-bond acceptors (Lipinski definition) is 6. The quantitative estimate of drug-likeness (QED) is 0.376. The summed E-state index contributed by atoms with van der Waals surface area (Å²) in [6, 6.07) is 21.4. The molecule has 8 nitrogen and oxygen atoms in total. The smallest absolute Gasteiger partial charge is 0.265 e. The topological polar surface area (TPSA) is 90.8 Å². The Labute approximate surface area is 193 Å². The summed E-state index contributed by atoms with van der Waals surface area (Å²) in [7, 11) is 0. The first-order valence-corrected chi connectivity index (χ1v) is 10.9. The lowest BCUT2D eigenvalue weighted by atomic mass is 10.1. The zero-order chi connectivity index (χ0) is 22.9. The van der Waals surface area contributed by atoms with Crippen LogP contribution in [0.1, 0.15) is 11.1 Å². The molecular formula is C26H19N7O. The molecule has 0 saturated heterocycles. The molecule has 0 aliphatic heterocycles. The van der Waals surface area contributed by atoms with Crippen molar-refractivity contribution in [2.75, 3.05) is 0 Å². The monoisotopic (exact) mass is 445 g/mol. The summed E-state index contributed by atoms with van der Waals surface area (Å²) < 4.78 is 3.22. The van der Waals surface area contributed by atoms with Crippen molar-refractivity contribution in [3.05, 3.63) is 107 Å². The molecule has 4 heterocycles. The van der Waals surface area contributed by atoms with Crippen molar-refractivity contribution in [2.24, 2.45) is 5.10 Å². The van der Waals surface area contributed by atoms with Crippen molar-refractivity contribution in [3.8, 4) is 0 Å². The third kappa shape index (κ3) is 3.51. The summed E-state index contributed by atoms with van der Waals surface area (Å²) in [4.78, 5) is 31.8. The van der Waals surface area contributed by atoms with Gasteiger partial charge in [-0.05, 0) is 41.8 Å². The first kappa shape index (κ1) is 19.9. The molecule has 164 valence electrons. The third-order valence-corrected chi connectivity index (χ3v) is 5.72. The Morgan fingerprint density at radius 3 is 2.38 bits per heavy atom. The molecular weight excluding hydrogens is 426 g/mol. The van der Waals surface area contributed by atoms with E-state index in [2.05, 4.69) is 15.1 Å². The Kier molecular flexibility index (Phi) is 4.88. The average molecular weight is 445 g/mol. The number of benzene rings is 2. The number of pyridine rings is 1. The highest BCUT2D eigenvalue weighted by molar-refractivity contribution is 6.04. The van der Waals surface area contributed by atoms with Gasteiger partial charge in [-0.25, -0.2) is 15.0 Å². The van der Waals surface area contributed by atoms with Crippen LogP contribution < -0.4 is 5.56 Å². The zero-order valence-electron chi connectivity index (χ0n) is 18.1. The second-order valence-electron chi connectivity index (χ2n) is 7.90. The Morgan fingerprint density at radius 2 is 1.59 bits per heavy atom. The Balaban J connectivity index is 1.55. The minimum absolute atomic E-state index is 0.159. The van der Waals surface area contributed by atoms with Crippen LogP contribution in [0.4, 0.5) is 0 Å². The van der Waals surface area contributed by atoms with E-state index in [9.17, 15) is 4.79 Å². The van der Waals surface area contributed by atoms with Gasteiger partial charge in [-0.3, -0.25) is 14.3 Å². The maximum absolute atomic E-state index is 13.6. The molecule has 0 amide bonds. The van der Waals surface area contributed by atoms with E-state index in [1.54, 1.807) is 34.2 Å². The van der Waals surface area contributed by atoms with Crippen molar-refractivity contribution < 1.29 is 0 Å². The minimum Gasteiger partial charge on any atom is -0.298 e. The summed E-state index contributed by atoms with van der Waals surface area (Å²) in [5.41, 5.74) is 4.72. The molecule has 4 aromatic heterocycles. The molecule has 0 spiro atoms. The number of fused-ring (bicyclic) bond motifs is 4. The lowest BCUT2D eigenvalue weighted by molar-refractivity contribution is 0.661. The van der Waals surface area contributed by atoms with E-state index >= 15 is 0 Å². The normalized spacial score (nSPS) is 11.8. The van der Waals surface area contributed by atoms with Gasteiger partial charge in [-0.2, -0.15) is 9.78 Å². The SMILES string of the molecule is O=c1c2c3nc4ccccc4nc3n(/N=C\c3ccncc3)c2ncn1CCc1ccccc1. The predicted molar refractivity (Wildman–Crippen MR) is 132 cm³/mol. The Hall–Kier alpha value is -4.72. The lowest BCUT2D eigenvalue weighted by Gasteiger charge is -2.05. The Bertz CT molecular complexity index is 1720. The van der Waals surface area contributed by atoms with Crippen LogP contribution in [0.25, 0.3) is 33.2 Å². The van der Waals surface area contributed by atoms with E-state index in [1.165, 1.54) is 0 Å². The Morgan fingerprint density at radius 1 is 0.853 bits per heavy atom. The first-order valence-electron chi connectivity index (χ1n) is 10.9. The fourth-order valence-electron chi connectivity index (χ4n) is 3.99. The summed E-state index contributed by atoms with van der Waals surface area (Å²) in [6.07, 6.45) is 7.39. The molecule has 0 aliphatic carbocycles. The molecule has 0 atom stereocenters. The van der Waals surface area contributed by atoms with Crippen molar-refractivity contribution in [3.63, 3.8) is 0 Å². The van der Waals surface area contributed by atoms with E-state index in [4.69, 9.17) is 9.97 Å². The zero-order valence-corrected chi connectivity index (χ0v) is 18.1. The van der Waals surface area contributed by atoms with Crippen LogP contribution in [-0.2, 0) is 13.0 Å². The van der Waals surface area contributed by atoms with Gasteiger partial charge in [0.2, 0.25) is 0 Å². The highest BCUT2D eigenvalue weighted by atomic mass is 16.1. The summed E-state index contributed by atoms with van der Waals surface area (Å²) in [6.45, 7) is 0.514. The minimum atomic E-state index is -0.159. The molecule has 0 aliphatic rings. The molecule has 0 radical (unpaired) electrons. The van der Waals surface area contributed by atoms with Crippen LogP contribution >= 0.6 is 0 Å². The van der Waals surface area contributed by atoms with Gasteiger partial charge in [0.1, 0.15) is 10.9 Å². The van der Waals surface area contributed by atoms with Crippen LogP contribution in [0, 0.1) is 0 Å². The molecule has 0 saturated carbocycles. The molecule has 0 N–H and O–H groups in total. The van der Waals surface area contributed by atoms with Crippen molar-refractivity contribution in [1.29, 1.82) is 0 Å². The number of aryl methyl sites for hydroxylation is 2. The standard InChI is InChI=1S/C26H19N7O/c34-26-22-23-25(31-21-9-5-4-8-20(21)30-23)33(29-16-19-10-13-27-14-11-19)24(22)28-17-32(26)15-12-18-6-2-1-3-7-18/h1-11,13-14,16-17H,12,15H2/b29-16-. The van der Waals surface area contributed by atoms with E-state index in [0.29, 0.717) is 34.3 Å². The fraction of sp³-hybridized carbons (Fsp3) is 0.0769. The van der Waals surface area contributed by atoms with Gasteiger partial charge < -0.3 is 0 Å². The second kappa shape index (κ2) is 8.32. The summed E-state index contributed by atoms with van der Waals surface area (Å²) in [5.74, 6) is 0. The van der Waals surface area contributed by atoms with Crippen LogP contribution in [0.15, 0.2) is 95.3 Å². The second-order valence-corrected chi connectivity index (χ2v) is 7.90. The fourth-order valence-corrected chi connectivity index (χ4v) is 3.99. The highest BCUT2D eigenvalue weighted by Crippen LogP contribution is 2.24. The molecule has 6 rings (SSSR count). The summed E-state index contributed by atoms with van der Waals surface area (Å²) >= 11 is 0. The molecule has 0 bridgehead atoms. The number of nitrogens with zero attached hydrogens (tertiary/aromatic N) is 7. The molecule has 8 heteroatoms. The molecule has 2 aromatic carbocycles. The van der Waals surface area contributed by atoms with Gasteiger partial charge in [-0.15, -0.1) is 0 Å². The van der Waals surface area contributed by atoms with Gasteiger partial charge in [0, 0.05) is 18.9 Å². The van der Waals surface area contributed by atoms with E-state index in [-0.39, 0.29) is 5.56 Å². The van der Waals surface area contributed by atoms with Crippen molar-refractivity contribution in [1.82, 2.24) is 29.2 Å². The van der Waals surface area contributed by atoms with Crippen LogP contribution in [0.5, 0.6) is 0 Å². The van der Waals surface area contributed by atoms with Crippen LogP contribution in [0.3, 0.4) is 0 Å². The number of hydrogen-bond donors (Lipinski definition) is 0. The summed E-state index contributed by atoms with van der Waals surface area (Å²) in [5, 5.41) is 5.03. The van der Waals surface area contributed by atoms with Crippen LogP contribution in [-0.4, -0.2) is 35.4 Å². The molecule has 6 aromatic rings. The van der Waals surface area contributed by atoms with Crippen molar-refractivity contribution >= 4 is 39.4 Å². The average Bonchev–Trinajstić information content (AvgIpc) is 3.20. The molecule has 34 heavy (non-hydrogen) atoms. The number of rotatable bonds is 5. The van der Waals surface area contributed by atoms with E-state index in [1.807, 2.05) is 66.7 Å². The molecule has 0 fully saturated rings. The van der Waals surface area contributed by atoms with Gasteiger partial charge in [0.05, 0.1) is 23.6 Å². The van der Waals surface area contributed by atoms with E-state index in [0.717, 1.165) is 23.1 Å². The molecule has 0 unspecified atom stereocenters. The third-order valence-electron chi connectivity index (χ3n) is 5.72. The predicted octanol–water partition coefficient (Wildman–Crippen LogP) is 3.81. The maximum Gasteiger partial charge on any atom is 0.265 e. The number of para-hydroxylation sites is 2. The van der Waals surface area contributed by atoms with Crippen molar-refractivity contribution in [2.45, 2.75) is 13.0 Å². The van der Waals surface area contributed by atoms with Crippen LogP contribution in [0.2, 0.25) is 0 Å². The first-order chi connectivity index (χ1) is 16.8. The van der Waals surface area contributed by atoms with E-state index < -0.39 is 0 Å². The van der Waals surface area contributed by atoms with Gasteiger partial charge >= 0.3 is 0 Å². The van der Waals surface area contributed by atoms with Gasteiger partial charge in [-0.1, -0.05) is 42.5 Å². The highest BCUT2D eigenvalue weighted by Gasteiger charge is 2.19. The largest absolute Gasteiger partial charge is 0.298 e. The van der Waals surface area contributed by atoms with Gasteiger partial charge in [0.15, 0.2) is 11.3 Å². The lowest BCUT2D eigenvalue weighted by Crippen LogP contribution is -2.21. The van der Waals surface area contributed by atoms with Gasteiger partial charge in [0.25, 0.3) is 5.56 Å². The maximum atomic E-state index is 13.6.